The lowest BCUT2D eigenvalue weighted by Gasteiger charge is -2.34. The van der Waals surface area contributed by atoms with Crippen molar-refractivity contribution in [2.24, 2.45) is 23.7 Å². The zero-order valence-corrected chi connectivity index (χ0v) is 11.5. The lowest BCUT2D eigenvalue weighted by Crippen LogP contribution is -2.39. The van der Waals surface area contributed by atoms with Crippen LogP contribution in [-0.4, -0.2) is 11.6 Å². The Kier molecular flexibility index (Phi) is 3.09. The highest BCUT2D eigenvalue weighted by Gasteiger charge is 2.58. The summed E-state index contributed by atoms with van der Waals surface area (Å²) >= 11 is 0. The summed E-state index contributed by atoms with van der Waals surface area (Å²) in [4.78, 5) is 12.0. The van der Waals surface area contributed by atoms with Crippen LogP contribution in [-0.2, 0) is 9.53 Å². The number of hydrogen-bond donors (Lipinski definition) is 0. The van der Waals surface area contributed by atoms with Gasteiger partial charge in [0.25, 0.3) is 0 Å². The smallest absolute Gasteiger partial charge is 0.309 e. The van der Waals surface area contributed by atoms with Crippen molar-refractivity contribution in [2.75, 3.05) is 0 Å². The first-order chi connectivity index (χ1) is 7.88. The number of carbonyl (C=O) groups excluding carboxylic acids is 1. The zero-order valence-electron chi connectivity index (χ0n) is 11.5. The van der Waals surface area contributed by atoms with Crippen LogP contribution in [0.15, 0.2) is 12.2 Å². The van der Waals surface area contributed by atoms with Gasteiger partial charge in [0.2, 0.25) is 0 Å². The van der Waals surface area contributed by atoms with E-state index in [0.29, 0.717) is 17.8 Å². The van der Waals surface area contributed by atoms with Gasteiger partial charge in [0.05, 0.1) is 5.92 Å². The molecule has 1 saturated carbocycles. The summed E-state index contributed by atoms with van der Waals surface area (Å²) in [5, 5.41) is 0. The highest BCUT2D eigenvalue weighted by molar-refractivity contribution is 5.76. The highest BCUT2D eigenvalue weighted by atomic mass is 16.6. The topological polar surface area (TPSA) is 26.3 Å². The average molecular weight is 236 g/mol. The van der Waals surface area contributed by atoms with Crippen LogP contribution in [0.25, 0.3) is 0 Å². The van der Waals surface area contributed by atoms with E-state index in [1.807, 2.05) is 0 Å². The van der Waals surface area contributed by atoms with E-state index >= 15 is 0 Å². The summed E-state index contributed by atoms with van der Waals surface area (Å²) in [7, 11) is 0. The van der Waals surface area contributed by atoms with Crippen molar-refractivity contribution < 1.29 is 9.53 Å². The van der Waals surface area contributed by atoms with Crippen LogP contribution in [0.3, 0.4) is 0 Å². The van der Waals surface area contributed by atoms with Gasteiger partial charge in [-0.15, -0.1) is 0 Å². The molecule has 2 heteroatoms. The van der Waals surface area contributed by atoms with E-state index in [1.165, 1.54) is 5.57 Å². The fraction of sp³-hybridized carbons (Fsp3) is 0.800. The molecule has 0 N–H and O–H groups in total. The molecule has 2 fully saturated rings. The summed E-state index contributed by atoms with van der Waals surface area (Å²) in [6.07, 6.45) is 3.16. The Labute approximate surface area is 104 Å². The maximum atomic E-state index is 12.0. The van der Waals surface area contributed by atoms with Gasteiger partial charge in [-0.2, -0.15) is 0 Å². The molecule has 1 spiro atoms. The second-order valence-corrected chi connectivity index (χ2v) is 6.31. The highest BCUT2D eigenvalue weighted by Crippen LogP contribution is 2.54. The van der Waals surface area contributed by atoms with Gasteiger partial charge in [-0.3, -0.25) is 4.79 Å². The van der Waals surface area contributed by atoms with Crippen LogP contribution >= 0.6 is 0 Å². The average Bonchev–Trinajstić information content (AvgIpc) is 2.71. The molecule has 0 aromatic carbocycles. The number of rotatable bonds is 2. The first-order valence-electron chi connectivity index (χ1n) is 6.76. The Hall–Kier alpha value is -0.790. The van der Waals surface area contributed by atoms with Crippen molar-refractivity contribution in [1.82, 2.24) is 0 Å². The van der Waals surface area contributed by atoms with E-state index in [4.69, 9.17) is 4.74 Å². The maximum absolute atomic E-state index is 12.0. The predicted molar refractivity (Wildman–Crippen MR) is 68.5 cm³/mol. The molecular formula is C15H24O2. The van der Waals surface area contributed by atoms with Crippen molar-refractivity contribution >= 4 is 5.97 Å². The van der Waals surface area contributed by atoms with Crippen molar-refractivity contribution in [2.45, 2.75) is 52.6 Å². The quantitative estimate of drug-likeness (QED) is 0.541. The molecule has 2 nitrogen and oxygen atoms in total. The van der Waals surface area contributed by atoms with E-state index < -0.39 is 0 Å². The Morgan fingerprint density at radius 3 is 2.59 bits per heavy atom. The zero-order chi connectivity index (χ0) is 12.8. The van der Waals surface area contributed by atoms with Gasteiger partial charge in [-0.25, -0.2) is 0 Å². The van der Waals surface area contributed by atoms with E-state index in [2.05, 4.69) is 34.3 Å². The second-order valence-electron chi connectivity index (χ2n) is 6.31. The predicted octanol–water partition coefficient (Wildman–Crippen LogP) is 3.57. The van der Waals surface area contributed by atoms with Crippen LogP contribution in [0.4, 0.5) is 0 Å². The first kappa shape index (κ1) is 12.7. The van der Waals surface area contributed by atoms with Gasteiger partial charge in [-0.1, -0.05) is 32.9 Å². The molecule has 0 unspecified atom stereocenters. The Bertz CT molecular complexity index is 345. The molecule has 17 heavy (non-hydrogen) atoms. The molecule has 0 bridgehead atoms. The third-order valence-corrected chi connectivity index (χ3v) is 4.84. The third-order valence-electron chi connectivity index (χ3n) is 4.84. The molecule has 1 heterocycles. The number of hydrogen-bond acceptors (Lipinski definition) is 2. The third kappa shape index (κ3) is 1.82. The van der Waals surface area contributed by atoms with Crippen LogP contribution in [0.1, 0.15) is 47.0 Å². The summed E-state index contributed by atoms with van der Waals surface area (Å²) in [6.45, 7) is 12.6. The van der Waals surface area contributed by atoms with E-state index in [-0.39, 0.29) is 17.5 Å². The van der Waals surface area contributed by atoms with Gasteiger partial charge in [-0.05, 0) is 31.6 Å². The SMILES string of the molecule is C=C(C)[C@H]1CC[C@@H](C)[C@]12C[C@@H](C(C)C)C(=O)O2. The maximum Gasteiger partial charge on any atom is 0.309 e. The normalized spacial score (nSPS) is 41.2. The summed E-state index contributed by atoms with van der Waals surface area (Å²) in [6, 6.07) is 0. The van der Waals surface area contributed by atoms with Crippen LogP contribution in [0.2, 0.25) is 0 Å². The minimum atomic E-state index is -0.238. The van der Waals surface area contributed by atoms with E-state index in [1.54, 1.807) is 0 Å². The fourth-order valence-corrected chi connectivity index (χ4v) is 3.67. The molecular weight excluding hydrogens is 212 g/mol. The van der Waals surface area contributed by atoms with Crippen LogP contribution in [0.5, 0.6) is 0 Å². The van der Waals surface area contributed by atoms with Gasteiger partial charge < -0.3 is 4.74 Å². The first-order valence-corrected chi connectivity index (χ1v) is 6.76. The molecule has 1 saturated heterocycles. The molecule has 0 aromatic heterocycles. The van der Waals surface area contributed by atoms with Crippen LogP contribution < -0.4 is 0 Å². The molecule has 0 aromatic rings. The lowest BCUT2D eigenvalue weighted by atomic mass is 9.75. The second kappa shape index (κ2) is 4.15. The Morgan fingerprint density at radius 1 is 1.47 bits per heavy atom. The lowest BCUT2D eigenvalue weighted by molar-refractivity contribution is -0.155. The Morgan fingerprint density at radius 2 is 2.12 bits per heavy atom. The largest absolute Gasteiger partial charge is 0.458 e. The number of ether oxygens (including phenoxy) is 1. The monoisotopic (exact) mass is 236 g/mol. The molecule has 2 aliphatic rings. The number of carbonyl (C=O) groups is 1. The Balaban J connectivity index is 2.30. The van der Waals surface area contributed by atoms with Crippen LogP contribution in [0, 0.1) is 23.7 Å². The summed E-state index contributed by atoms with van der Waals surface area (Å²) in [5.41, 5.74) is 0.934. The minimum Gasteiger partial charge on any atom is -0.458 e. The minimum absolute atomic E-state index is 0.0139. The van der Waals surface area contributed by atoms with Gasteiger partial charge in [0, 0.05) is 12.3 Å². The molecule has 1 aliphatic carbocycles. The van der Waals surface area contributed by atoms with Gasteiger partial charge in [0.1, 0.15) is 5.60 Å². The molecule has 4 atom stereocenters. The molecule has 0 radical (unpaired) electrons. The van der Waals surface area contributed by atoms with E-state index in [9.17, 15) is 4.79 Å². The van der Waals surface area contributed by atoms with Crippen molar-refractivity contribution in [3.05, 3.63) is 12.2 Å². The van der Waals surface area contributed by atoms with E-state index in [0.717, 1.165) is 19.3 Å². The van der Waals surface area contributed by atoms with Crippen molar-refractivity contribution in [3.63, 3.8) is 0 Å². The van der Waals surface area contributed by atoms with Gasteiger partial charge in [0.15, 0.2) is 0 Å². The molecule has 1 aliphatic heterocycles. The molecule has 2 rings (SSSR count). The fourth-order valence-electron chi connectivity index (χ4n) is 3.67. The van der Waals surface area contributed by atoms with Crippen molar-refractivity contribution in [1.29, 1.82) is 0 Å². The summed E-state index contributed by atoms with van der Waals surface area (Å²) in [5.74, 6) is 1.31. The van der Waals surface area contributed by atoms with Gasteiger partial charge >= 0.3 is 5.97 Å². The molecule has 96 valence electrons. The number of esters is 1. The summed E-state index contributed by atoms with van der Waals surface area (Å²) < 4.78 is 5.87. The van der Waals surface area contributed by atoms with Crippen molar-refractivity contribution in [3.8, 4) is 0 Å². The molecule has 0 amide bonds. The standard InChI is InChI=1S/C15H24O2/c1-9(2)12-8-15(17-14(12)16)11(5)6-7-13(15)10(3)4/h9,11-13H,3,6-8H2,1-2,4-5H3/t11-,12+,13-,15-/m1/s1.